The number of aryl methyl sites for hydroxylation is 1. The fourth-order valence-electron chi connectivity index (χ4n) is 8.37. The van der Waals surface area contributed by atoms with Crippen LogP contribution in [0.2, 0.25) is 0 Å². The number of amides is 4. The van der Waals surface area contributed by atoms with Crippen LogP contribution in [-0.4, -0.2) is 93.2 Å². The van der Waals surface area contributed by atoms with Gasteiger partial charge in [-0.25, -0.2) is 28.3 Å². The number of aromatic amines is 1. The van der Waals surface area contributed by atoms with Gasteiger partial charge in [0, 0.05) is 117 Å². The molecule has 2 aliphatic rings. The number of piperidine rings is 1. The van der Waals surface area contributed by atoms with E-state index in [0.29, 0.717) is 47.5 Å². The smallest absolute Gasteiger partial charge is 0.416 e. The predicted octanol–water partition coefficient (Wildman–Crippen LogP) is 11.9. The number of benzene rings is 4. The Labute approximate surface area is 433 Å². The Hall–Kier alpha value is -9.05. The first-order valence-electron chi connectivity index (χ1n) is 24.2. The third-order valence-corrected chi connectivity index (χ3v) is 12.3. The molecular formula is C54H52F5N13O4. The highest BCUT2D eigenvalue weighted by Crippen LogP contribution is 2.36. The summed E-state index contributed by atoms with van der Waals surface area (Å²) in [5.41, 5.74) is 3.75. The van der Waals surface area contributed by atoms with E-state index in [-0.39, 0.29) is 28.7 Å². The van der Waals surface area contributed by atoms with Gasteiger partial charge in [0.15, 0.2) is 0 Å². The number of rotatable bonds is 12. The van der Waals surface area contributed by atoms with Gasteiger partial charge in [0.05, 0.1) is 40.7 Å². The Morgan fingerprint density at radius 3 is 1.75 bits per heavy atom. The lowest BCUT2D eigenvalue weighted by Crippen LogP contribution is -2.44. The quantitative estimate of drug-likeness (QED) is 0.0734. The number of hydrogen-bond donors (Lipinski definition) is 5. The SMILES string of the molecule is CN1CCN(c2cccc(NC(=O)Nc3cc(Oc4cccc(-c5cn[nH]c5)n4)ccc3F)c2)CC1.Cn1cc(-c2cccc(Oc3ccc(F)c(NC(=O)Nc4cc(N5CCCCC5)cc(C(F)(F)F)c4)c3)n2)cn1. The van der Waals surface area contributed by atoms with Crippen LogP contribution in [-0.2, 0) is 13.2 Å². The molecule has 6 heterocycles. The van der Waals surface area contributed by atoms with E-state index in [9.17, 15) is 31.5 Å². The monoisotopic (exact) mass is 1040 g/mol. The zero-order valence-electron chi connectivity index (χ0n) is 41.2. The average molecular weight is 1040 g/mol. The van der Waals surface area contributed by atoms with Crippen molar-refractivity contribution < 1.29 is 41.0 Å². The lowest BCUT2D eigenvalue weighted by atomic mass is 10.1. The maximum atomic E-state index is 14.5. The van der Waals surface area contributed by atoms with Crippen LogP contribution in [0.15, 0.2) is 140 Å². The highest BCUT2D eigenvalue weighted by molar-refractivity contribution is 6.01. The minimum absolute atomic E-state index is 0.00814. The van der Waals surface area contributed by atoms with Crippen LogP contribution in [0.1, 0.15) is 24.8 Å². The van der Waals surface area contributed by atoms with E-state index >= 15 is 0 Å². The first-order chi connectivity index (χ1) is 36.7. The van der Waals surface area contributed by atoms with Gasteiger partial charge in [0.25, 0.3) is 0 Å². The van der Waals surface area contributed by atoms with E-state index in [4.69, 9.17) is 9.47 Å². The minimum Gasteiger partial charge on any atom is -0.439 e. The first-order valence-corrected chi connectivity index (χ1v) is 24.2. The first kappa shape index (κ1) is 51.8. The van der Waals surface area contributed by atoms with Gasteiger partial charge in [0.1, 0.15) is 23.1 Å². The zero-order chi connectivity index (χ0) is 53.2. The zero-order valence-corrected chi connectivity index (χ0v) is 41.2. The summed E-state index contributed by atoms with van der Waals surface area (Å²) in [6, 6.07) is 27.9. The van der Waals surface area contributed by atoms with Crippen molar-refractivity contribution in [3.63, 3.8) is 0 Å². The molecule has 4 amide bonds. The Kier molecular flexibility index (Phi) is 16.0. The van der Waals surface area contributed by atoms with E-state index < -0.39 is 35.4 Å². The van der Waals surface area contributed by atoms with Crippen LogP contribution in [0.5, 0.6) is 23.3 Å². The number of H-pyrrole nitrogens is 1. The summed E-state index contributed by atoms with van der Waals surface area (Å²) in [7, 11) is 3.89. The number of likely N-dealkylation sites (N-methyl/N-ethyl adjacent to an activating group) is 1. The second kappa shape index (κ2) is 23.4. The van der Waals surface area contributed by atoms with Crippen molar-refractivity contribution in [2.75, 3.05) is 77.4 Å². The number of halogens is 5. The van der Waals surface area contributed by atoms with Crippen molar-refractivity contribution in [2.24, 2.45) is 7.05 Å². The highest BCUT2D eigenvalue weighted by atomic mass is 19.4. The number of hydrogen-bond acceptors (Lipinski definition) is 11. The number of nitrogens with zero attached hydrogens (tertiary/aromatic N) is 8. The van der Waals surface area contributed by atoms with E-state index in [1.165, 1.54) is 36.4 Å². The van der Waals surface area contributed by atoms with Crippen LogP contribution < -0.4 is 40.5 Å². The molecule has 0 atom stereocenters. The maximum Gasteiger partial charge on any atom is 0.416 e. The minimum atomic E-state index is -4.60. The largest absolute Gasteiger partial charge is 0.439 e. The Balaban J connectivity index is 0.000000187. The Bertz CT molecular complexity index is 3290. The summed E-state index contributed by atoms with van der Waals surface area (Å²) in [5, 5.41) is 20.9. The summed E-state index contributed by atoms with van der Waals surface area (Å²) in [6.45, 7) is 5.07. The van der Waals surface area contributed by atoms with Gasteiger partial charge in [-0.05, 0) is 99.1 Å². The summed E-state index contributed by atoms with van der Waals surface area (Å²) < 4.78 is 83.0. The fourth-order valence-corrected chi connectivity index (χ4v) is 8.37. The fraction of sp³-hybridized carbons (Fsp3) is 0.222. The summed E-state index contributed by atoms with van der Waals surface area (Å²) in [4.78, 5) is 40.6. The second-order valence-electron chi connectivity index (χ2n) is 17.9. The van der Waals surface area contributed by atoms with Gasteiger partial charge in [-0.2, -0.15) is 23.4 Å². The van der Waals surface area contributed by atoms with Crippen molar-refractivity contribution in [2.45, 2.75) is 25.4 Å². The molecule has 2 saturated heterocycles. The van der Waals surface area contributed by atoms with Gasteiger partial charge >= 0.3 is 18.2 Å². The van der Waals surface area contributed by atoms with Crippen LogP contribution in [0.3, 0.4) is 0 Å². The molecule has 392 valence electrons. The third kappa shape index (κ3) is 13.8. The molecule has 0 saturated carbocycles. The molecule has 2 aliphatic heterocycles. The molecule has 22 heteroatoms. The third-order valence-electron chi connectivity index (χ3n) is 12.3. The molecule has 0 radical (unpaired) electrons. The number of alkyl halides is 3. The molecule has 0 spiro atoms. The summed E-state index contributed by atoms with van der Waals surface area (Å²) in [5.74, 6) is -0.241. The Morgan fingerprint density at radius 1 is 0.592 bits per heavy atom. The lowest BCUT2D eigenvalue weighted by molar-refractivity contribution is -0.137. The van der Waals surface area contributed by atoms with E-state index in [0.717, 1.165) is 80.5 Å². The maximum absolute atomic E-state index is 14.5. The Morgan fingerprint density at radius 2 is 1.17 bits per heavy atom. The lowest BCUT2D eigenvalue weighted by Gasteiger charge is -2.34. The number of ether oxygens (including phenoxy) is 2. The van der Waals surface area contributed by atoms with Gasteiger partial charge in [0.2, 0.25) is 11.8 Å². The average Bonchev–Trinajstić information content (AvgIpc) is 4.13. The van der Waals surface area contributed by atoms with Gasteiger partial charge in [-0.15, -0.1) is 0 Å². The topological polar surface area (TPSA) is 183 Å². The summed E-state index contributed by atoms with van der Waals surface area (Å²) in [6.07, 6.45) is 5.01. The van der Waals surface area contributed by atoms with Gasteiger partial charge in [-0.3, -0.25) is 9.78 Å². The number of piperazine rings is 1. The molecule has 2 fully saturated rings. The standard InChI is InChI=1S/C28H26F4N6O2.C26H26FN7O2/c1-37-17-18(16-33-37)24-6-5-7-26(35-24)40-22-8-9-23(29)25(15-22)36-27(39)34-20-12-19(28(30,31)32)13-21(14-20)38-10-3-2-4-11-38;1-33-10-12-34(13-11-33)20-5-2-4-19(14-20)30-26(35)32-24-15-21(8-9-22(24)27)36-25-7-3-6-23(31-25)18-16-28-29-17-18/h5-9,12-17H,2-4,10-11H2,1H3,(H2,34,36,39);2-9,14-17H,10-13H2,1H3,(H,28,29)(H2,30,32,35). The van der Waals surface area contributed by atoms with Crippen molar-refractivity contribution in [1.29, 1.82) is 0 Å². The number of carbonyl (C=O) groups is 2. The molecule has 4 aromatic heterocycles. The van der Waals surface area contributed by atoms with Gasteiger partial charge < -0.3 is 45.4 Å². The molecule has 0 aliphatic carbocycles. The van der Waals surface area contributed by atoms with Crippen LogP contribution in [0.4, 0.5) is 65.7 Å². The molecule has 76 heavy (non-hydrogen) atoms. The van der Waals surface area contributed by atoms with Crippen molar-refractivity contribution in [3.8, 4) is 45.8 Å². The molecule has 5 N–H and O–H groups in total. The molecule has 0 bridgehead atoms. The van der Waals surface area contributed by atoms with E-state index in [1.54, 1.807) is 72.9 Å². The van der Waals surface area contributed by atoms with E-state index in [1.807, 2.05) is 29.2 Å². The molecule has 8 aromatic rings. The molecule has 17 nitrogen and oxygen atoms in total. The van der Waals surface area contributed by atoms with Crippen LogP contribution >= 0.6 is 0 Å². The normalized spacial score (nSPS) is 13.8. The number of pyridine rings is 2. The number of carbonyl (C=O) groups excluding carboxylic acids is 2. The number of urea groups is 2. The molecule has 10 rings (SSSR count). The number of nitrogens with one attached hydrogen (secondary N) is 5. The number of anilines is 6. The predicted molar refractivity (Wildman–Crippen MR) is 280 cm³/mol. The second-order valence-corrected chi connectivity index (χ2v) is 17.9. The highest BCUT2D eigenvalue weighted by Gasteiger charge is 2.32. The van der Waals surface area contributed by atoms with Crippen molar-refractivity contribution >= 4 is 46.2 Å². The summed E-state index contributed by atoms with van der Waals surface area (Å²) >= 11 is 0. The van der Waals surface area contributed by atoms with Crippen LogP contribution in [0.25, 0.3) is 22.5 Å². The van der Waals surface area contributed by atoms with Crippen molar-refractivity contribution in [1.82, 2.24) is 34.8 Å². The van der Waals surface area contributed by atoms with Crippen molar-refractivity contribution in [3.05, 3.63) is 157 Å². The molecular weight excluding hydrogens is 990 g/mol. The van der Waals surface area contributed by atoms with Gasteiger partial charge in [-0.1, -0.05) is 18.2 Å². The number of aromatic nitrogens is 6. The van der Waals surface area contributed by atoms with E-state index in [2.05, 4.69) is 63.4 Å². The molecule has 4 aromatic carbocycles. The molecule has 0 unspecified atom stereocenters. The van der Waals surface area contributed by atoms with Crippen LogP contribution in [0, 0.1) is 11.6 Å².